The van der Waals surface area contributed by atoms with E-state index in [0.29, 0.717) is 18.8 Å². The van der Waals surface area contributed by atoms with Crippen molar-refractivity contribution in [3.63, 3.8) is 0 Å². The van der Waals surface area contributed by atoms with Crippen molar-refractivity contribution in [3.05, 3.63) is 38.2 Å². The molecule has 0 bridgehead atoms. The Balaban J connectivity index is 1.90. The van der Waals surface area contributed by atoms with Gasteiger partial charge in [0.05, 0.1) is 33.6 Å². The van der Waals surface area contributed by atoms with Crippen LogP contribution in [0.3, 0.4) is 0 Å². The molecule has 10 heteroatoms. The molecule has 0 saturated heterocycles. The molecule has 1 amide bonds. The average molecular weight is 385 g/mol. The van der Waals surface area contributed by atoms with E-state index < -0.39 is 11.0 Å². The van der Waals surface area contributed by atoms with Gasteiger partial charge in [0.1, 0.15) is 6.04 Å². The Bertz CT molecular complexity index is 719. The van der Waals surface area contributed by atoms with Gasteiger partial charge in [0, 0.05) is 12.7 Å². The number of aryl methyl sites for hydroxylation is 2. The number of nitrogens with one attached hydrogen (secondary N) is 1. The van der Waals surface area contributed by atoms with Gasteiger partial charge in [0.25, 0.3) is 0 Å². The standard InChI is InChI=1S/C13H17BrN6O3/c1-8-6-12(20(22)23)17-18(8)5-4-15-13(21)10(3)19-7-11(14)9(2)16-19/h6-7,10H,4-5H2,1-3H3,(H,15,21). The summed E-state index contributed by atoms with van der Waals surface area (Å²) in [4.78, 5) is 22.3. The number of nitro groups is 1. The number of amides is 1. The van der Waals surface area contributed by atoms with Crippen molar-refractivity contribution in [2.75, 3.05) is 6.54 Å². The van der Waals surface area contributed by atoms with Crippen LogP contribution < -0.4 is 5.32 Å². The Morgan fingerprint density at radius 2 is 2.17 bits per heavy atom. The number of hydrogen-bond donors (Lipinski definition) is 1. The summed E-state index contributed by atoms with van der Waals surface area (Å²) in [6, 6.07) is 0.946. The lowest BCUT2D eigenvalue weighted by atomic mass is 10.3. The van der Waals surface area contributed by atoms with E-state index in [-0.39, 0.29) is 11.7 Å². The van der Waals surface area contributed by atoms with Crippen LogP contribution in [-0.2, 0) is 11.3 Å². The quantitative estimate of drug-likeness (QED) is 0.602. The minimum atomic E-state index is -0.540. The summed E-state index contributed by atoms with van der Waals surface area (Å²) >= 11 is 3.36. The number of carbonyl (C=O) groups excluding carboxylic acids is 1. The van der Waals surface area contributed by atoms with Crippen LogP contribution >= 0.6 is 15.9 Å². The van der Waals surface area contributed by atoms with Gasteiger partial charge in [-0.25, -0.2) is 0 Å². The lowest BCUT2D eigenvalue weighted by molar-refractivity contribution is -0.389. The van der Waals surface area contributed by atoms with E-state index in [1.807, 2.05) is 6.92 Å². The molecule has 2 aromatic heterocycles. The van der Waals surface area contributed by atoms with Crippen molar-refractivity contribution in [2.24, 2.45) is 0 Å². The SMILES string of the molecule is Cc1nn(C(C)C(=O)NCCn2nc([N+](=O)[O-])cc2C)cc1Br. The van der Waals surface area contributed by atoms with E-state index in [1.54, 1.807) is 24.7 Å². The maximum Gasteiger partial charge on any atom is 0.390 e. The first kappa shape index (κ1) is 17.1. The summed E-state index contributed by atoms with van der Waals surface area (Å²) in [6.07, 6.45) is 1.75. The monoisotopic (exact) mass is 384 g/mol. The van der Waals surface area contributed by atoms with Crippen molar-refractivity contribution in [2.45, 2.75) is 33.4 Å². The molecule has 0 aliphatic rings. The Hall–Kier alpha value is -2.23. The molecule has 23 heavy (non-hydrogen) atoms. The molecule has 0 aliphatic heterocycles. The smallest absolute Gasteiger partial charge is 0.358 e. The molecular formula is C13H17BrN6O3. The van der Waals surface area contributed by atoms with Crippen molar-refractivity contribution < 1.29 is 9.72 Å². The summed E-state index contributed by atoms with van der Waals surface area (Å²) in [7, 11) is 0. The molecule has 2 heterocycles. The molecule has 9 nitrogen and oxygen atoms in total. The number of hydrogen-bond acceptors (Lipinski definition) is 5. The Morgan fingerprint density at radius 1 is 1.48 bits per heavy atom. The fraction of sp³-hybridized carbons (Fsp3) is 0.462. The van der Waals surface area contributed by atoms with Gasteiger partial charge >= 0.3 is 5.82 Å². The maximum absolute atomic E-state index is 12.1. The second-order valence-electron chi connectivity index (χ2n) is 5.13. The van der Waals surface area contributed by atoms with Crippen LogP contribution in [0.25, 0.3) is 0 Å². The predicted molar refractivity (Wildman–Crippen MR) is 86.0 cm³/mol. The van der Waals surface area contributed by atoms with Crippen LogP contribution in [-0.4, -0.2) is 36.9 Å². The topological polar surface area (TPSA) is 108 Å². The van der Waals surface area contributed by atoms with Crippen LogP contribution in [0, 0.1) is 24.0 Å². The molecule has 0 saturated carbocycles. The summed E-state index contributed by atoms with van der Waals surface area (Å²) < 4.78 is 3.92. The molecule has 0 fully saturated rings. The van der Waals surface area contributed by atoms with Gasteiger partial charge in [-0.1, -0.05) is 0 Å². The fourth-order valence-electron chi connectivity index (χ4n) is 2.02. The maximum atomic E-state index is 12.1. The Labute approximate surface area is 140 Å². The first-order valence-electron chi connectivity index (χ1n) is 6.97. The van der Waals surface area contributed by atoms with Crippen LogP contribution in [0.15, 0.2) is 16.7 Å². The second kappa shape index (κ2) is 6.90. The van der Waals surface area contributed by atoms with Gasteiger partial charge in [-0.15, -0.1) is 0 Å². The van der Waals surface area contributed by atoms with Gasteiger partial charge in [-0.2, -0.15) is 9.78 Å². The summed E-state index contributed by atoms with van der Waals surface area (Å²) in [5.74, 6) is -0.377. The normalized spacial score (nSPS) is 12.2. The van der Waals surface area contributed by atoms with E-state index >= 15 is 0 Å². The van der Waals surface area contributed by atoms with E-state index in [1.165, 1.54) is 10.7 Å². The van der Waals surface area contributed by atoms with Crippen LogP contribution in [0.1, 0.15) is 24.4 Å². The molecule has 0 radical (unpaired) electrons. The van der Waals surface area contributed by atoms with E-state index in [0.717, 1.165) is 10.2 Å². The third kappa shape index (κ3) is 3.95. The van der Waals surface area contributed by atoms with Crippen molar-refractivity contribution in [3.8, 4) is 0 Å². The van der Waals surface area contributed by atoms with Crippen LogP contribution in [0.5, 0.6) is 0 Å². The highest BCUT2D eigenvalue weighted by atomic mass is 79.9. The third-order valence-corrected chi connectivity index (χ3v) is 4.19. The highest BCUT2D eigenvalue weighted by molar-refractivity contribution is 9.10. The van der Waals surface area contributed by atoms with Gasteiger partial charge in [0.2, 0.25) is 5.91 Å². The molecule has 124 valence electrons. The molecule has 1 atom stereocenters. The molecule has 1 unspecified atom stereocenters. The zero-order valence-corrected chi connectivity index (χ0v) is 14.6. The number of carbonyl (C=O) groups is 1. The summed E-state index contributed by atoms with van der Waals surface area (Å²) in [5, 5.41) is 21.6. The molecule has 2 aromatic rings. The third-order valence-electron chi connectivity index (χ3n) is 3.41. The molecule has 0 spiro atoms. The average Bonchev–Trinajstić information content (AvgIpc) is 3.02. The Morgan fingerprint density at radius 3 is 2.70 bits per heavy atom. The number of halogens is 1. The molecule has 1 N–H and O–H groups in total. The molecule has 0 aromatic carbocycles. The van der Waals surface area contributed by atoms with Gasteiger partial charge in [-0.05, 0) is 41.6 Å². The predicted octanol–water partition coefficient (Wildman–Crippen LogP) is 1.74. The van der Waals surface area contributed by atoms with E-state index in [4.69, 9.17) is 0 Å². The minimum absolute atomic E-state index is 0.181. The van der Waals surface area contributed by atoms with Crippen LogP contribution in [0.2, 0.25) is 0 Å². The number of rotatable bonds is 6. The van der Waals surface area contributed by atoms with Crippen molar-refractivity contribution >= 4 is 27.7 Å². The van der Waals surface area contributed by atoms with Crippen molar-refractivity contribution in [1.29, 1.82) is 0 Å². The highest BCUT2D eigenvalue weighted by Crippen LogP contribution is 2.16. The second-order valence-corrected chi connectivity index (χ2v) is 5.99. The van der Waals surface area contributed by atoms with Gasteiger partial charge in [0.15, 0.2) is 0 Å². The highest BCUT2D eigenvalue weighted by Gasteiger charge is 2.18. The van der Waals surface area contributed by atoms with Gasteiger partial charge < -0.3 is 15.4 Å². The minimum Gasteiger partial charge on any atom is -0.358 e. The summed E-state index contributed by atoms with van der Waals surface area (Å²) in [5.41, 5.74) is 1.48. The molecular weight excluding hydrogens is 368 g/mol. The zero-order valence-electron chi connectivity index (χ0n) is 13.0. The first-order valence-corrected chi connectivity index (χ1v) is 7.76. The van der Waals surface area contributed by atoms with Crippen molar-refractivity contribution in [1.82, 2.24) is 24.9 Å². The largest absolute Gasteiger partial charge is 0.390 e. The number of nitrogens with zero attached hydrogens (tertiary/aromatic N) is 5. The van der Waals surface area contributed by atoms with E-state index in [9.17, 15) is 14.9 Å². The lowest BCUT2D eigenvalue weighted by Gasteiger charge is -2.12. The van der Waals surface area contributed by atoms with E-state index in [2.05, 4.69) is 31.4 Å². The first-order chi connectivity index (χ1) is 10.8. The lowest BCUT2D eigenvalue weighted by Crippen LogP contribution is -2.33. The fourth-order valence-corrected chi connectivity index (χ4v) is 2.31. The molecule has 2 rings (SSSR count). The summed E-state index contributed by atoms with van der Waals surface area (Å²) in [6.45, 7) is 6.01. The van der Waals surface area contributed by atoms with Crippen LogP contribution in [0.4, 0.5) is 5.82 Å². The molecule has 0 aliphatic carbocycles. The van der Waals surface area contributed by atoms with Gasteiger partial charge in [-0.3, -0.25) is 9.48 Å². The zero-order chi connectivity index (χ0) is 17.1. The Kier molecular flexibility index (Phi) is 5.14. The number of aromatic nitrogens is 4.